The zero-order valence-electron chi connectivity index (χ0n) is 10.7. The molecule has 1 aromatic heterocycles. The third-order valence-electron chi connectivity index (χ3n) is 2.67. The van der Waals surface area contributed by atoms with E-state index in [4.69, 9.17) is 0 Å². The van der Waals surface area contributed by atoms with Crippen LogP contribution in [0.3, 0.4) is 0 Å². The second-order valence-corrected chi connectivity index (χ2v) is 4.23. The second kappa shape index (κ2) is 5.49. The highest BCUT2D eigenvalue weighted by Gasteiger charge is 2.14. The smallest absolute Gasteiger partial charge is 0.276 e. The van der Waals surface area contributed by atoms with Crippen LogP contribution in [0.1, 0.15) is 35.4 Å². The number of amides is 1. The first-order chi connectivity index (χ1) is 8.70. The Morgan fingerprint density at radius 2 is 2.06 bits per heavy atom. The predicted octanol–water partition coefficient (Wildman–Crippen LogP) is 2.92. The van der Waals surface area contributed by atoms with E-state index in [0.717, 1.165) is 30.0 Å². The highest BCUT2D eigenvalue weighted by Crippen LogP contribution is 2.11. The number of anilines is 1. The molecule has 4 nitrogen and oxygen atoms in total. The Labute approximate surface area is 106 Å². The van der Waals surface area contributed by atoms with Crippen LogP contribution in [0.2, 0.25) is 0 Å². The van der Waals surface area contributed by atoms with Gasteiger partial charge in [0.25, 0.3) is 5.91 Å². The molecule has 1 aromatic carbocycles. The van der Waals surface area contributed by atoms with Crippen LogP contribution in [-0.2, 0) is 6.42 Å². The van der Waals surface area contributed by atoms with Gasteiger partial charge in [0.15, 0.2) is 0 Å². The first-order valence-corrected chi connectivity index (χ1v) is 6.12. The molecule has 0 saturated carbocycles. The number of para-hydroxylation sites is 1. The zero-order valence-corrected chi connectivity index (χ0v) is 10.7. The summed E-state index contributed by atoms with van der Waals surface area (Å²) in [6.45, 7) is 3.95. The summed E-state index contributed by atoms with van der Waals surface area (Å²) in [4.78, 5) is 19.5. The van der Waals surface area contributed by atoms with Gasteiger partial charge in [-0.05, 0) is 25.5 Å². The molecule has 94 valence electrons. The summed E-state index contributed by atoms with van der Waals surface area (Å²) < 4.78 is 0. The van der Waals surface area contributed by atoms with Gasteiger partial charge in [-0.2, -0.15) is 0 Å². The summed E-state index contributed by atoms with van der Waals surface area (Å²) in [5, 5.41) is 2.83. The molecule has 0 aliphatic carbocycles. The minimum Gasteiger partial charge on any atom is -0.345 e. The van der Waals surface area contributed by atoms with Gasteiger partial charge in [0, 0.05) is 17.8 Å². The van der Waals surface area contributed by atoms with E-state index in [1.54, 1.807) is 0 Å². The number of nitrogens with zero attached hydrogens (tertiary/aromatic N) is 1. The lowest BCUT2D eigenvalue weighted by atomic mass is 10.3. The maximum atomic E-state index is 12.1. The first kappa shape index (κ1) is 12.4. The van der Waals surface area contributed by atoms with E-state index in [1.807, 2.05) is 37.3 Å². The van der Waals surface area contributed by atoms with Gasteiger partial charge in [-0.3, -0.25) is 4.79 Å². The van der Waals surface area contributed by atoms with Crippen LogP contribution in [-0.4, -0.2) is 15.9 Å². The van der Waals surface area contributed by atoms with Gasteiger partial charge in [-0.1, -0.05) is 25.1 Å². The van der Waals surface area contributed by atoms with Crippen molar-refractivity contribution < 1.29 is 4.79 Å². The number of H-pyrrole nitrogens is 1. The fourth-order valence-electron chi connectivity index (χ4n) is 1.81. The SMILES string of the molecule is CCCc1nc(C(=O)Nc2ccccc2)c(C)[nH]1. The number of carbonyl (C=O) groups is 1. The zero-order chi connectivity index (χ0) is 13.0. The van der Waals surface area contributed by atoms with Crippen LogP contribution in [0.15, 0.2) is 30.3 Å². The van der Waals surface area contributed by atoms with Gasteiger partial charge < -0.3 is 10.3 Å². The van der Waals surface area contributed by atoms with Crippen LogP contribution in [0.4, 0.5) is 5.69 Å². The molecule has 0 spiro atoms. The van der Waals surface area contributed by atoms with Crippen molar-refractivity contribution in [2.24, 2.45) is 0 Å². The standard InChI is InChI=1S/C14H17N3O/c1-3-7-12-15-10(2)13(17-12)14(18)16-11-8-5-4-6-9-11/h4-6,8-9H,3,7H2,1-2H3,(H,15,17)(H,16,18). The quantitative estimate of drug-likeness (QED) is 0.867. The molecule has 1 amide bonds. The Hall–Kier alpha value is -2.10. The fourth-order valence-corrected chi connectivity index (χ4v) is 1.81. The van der Waals surface area contributed by atoms with Gasteiger partial charge in [0.05, 0.1) is 0 Å². The maximum Gasteiger partial charge on any atom is 0.276 e. The Morgan fingerprint density at radius 3 is 2.72 bits per heavy atom. The maximum absolute atomic E-state index is 12.1. The molecule has 0 atom stereocenters. The minimum atomic E-state index is -0.169. The molecule has 1 heterocycles. The molecule has 0 aliphatic heterocycles. The minimum absolute atomic E-state index is 0.169. The number of nitrogens with one attached hydrogen (secondary N) is 2. The van der Waals surface area contributed by atoms with Gasteiger partial charge in [0.1, 0.15) is 11.5 Å². The third kappa shape index (κ3) is 2.77. The summed E-state index contributed by atoms with van der Waals surface area (Å²) in [5.41, 5.74) is 2.07. The van der Waals surface area contributed by atoms with E-state index >= 15 is 0 Å². The number of imidazole rings is 1. The number of aromatic amines is 1. The lowest BCUT2D eigenvalue weighted by molar-refractivity contribution is 0.102. The van der Waals surface area contributed by atoms with Crippen molar-refractivity contribution in [1.29, 1.82) is 0 Å². The Kier molecular flexibility index (Phi) is 3.77. The molecule has 0 unspecified atom stereocenters. The molecule has 0 bridgehead atoms. The third-order valence-corrected chi connectivity index (χ3v) is 2.67. The van der Waals surface area contributed by atoms with Crippen molar-refractivity contribution in [2.75, 3.05) is 5.32 Å². The molecular formula is C14H17N3O. The molecule has 2 rings (SSSR count). The molecular weight excluding hydrogens is 226 g/mol. The van der Waals surface area contributed by atoms with Crippen LogP contribution >= 0.6 is 0 Å². The molecule has 2 aromatic rings. The molecule has 0 fully saturated rings. The fraction of sp³-hybridized carbons (Fsp3) is 0.286. The van der Waals surface area contributed by atoms with Gasteiger partial charge >= 0.3 is 0 Å². The molecule has 18 heavy (non-hydrogen) atoms. The van der Waals surface area contributed by atoms with Gasteiger partial charge in [0.2, 0.25) is 0 Å². The van der Waals surface area contributed by atoms with E-state index in [0.29, 0.717) is 5.69 Å². The summed E-state index contributed by atoms with van der Waals surface area (Å²) in [7, 11) is 0. The molecule has 0 saturated heterocycles. The Bertz CT molecular complexity index is 531. The number of carbonyl (C=O) groups excluding carboxylic acids is 1. The van der Waals surface area contributed by atoms with E-state index in [-0.39, 0.29) is 5.91 Å². The molecule has 0 radical (unpaired) electrons. The van der Waals surface area contributed by atoms with Crippen molar-refractivity contribution in [3.05, 3.63) is 47.5 Å². The summed E-state index contributed by atoms with van der Waals surface area (Å²) in [6, 6.07) is 9.39. The van der Waals surface area contributed by atoms with Gasteiger partial charge in [-0.15, -0.1) is 0 Å². The summed E-state index contributed by atoms with van der Waals surface area (Å²) in [5.74, 6) is 0.700. The number of hydrogen-bond acceptors (Lipinski definition) is 2. The lowest BCUT2D eigenvalue weighted by Crippen LogP contribution is -2.13. The van der Waals surface area contributed by atoms with Crippen molar-refractivity contribution in [3.63, 3.8) is 0 Å². The normalized spacial score (nSPS) is 10.3. The average Bonchev–Trinajstić information content (AvgIpc) is 2.72. The van der Waals surface area contributed by atoms with Crippen molar-refractivity contribution in [1.82, 2.24) is 9.97 Å². The number of benzene rings is 1. The second-order valence-electron chi connectivity index (χ2n) is 4.23. The topological polar surface area (TPSA) is 57.8 Å². The number of rotatable bonds is 4. The van der Waals surface area contributed by atoms with Crippen molar-refractivity contribution in [2.45, 2.75) is 26.7 Å². The molecule has 2 N–H and O–H groups in total. The number of aromatic nitrogens is 2. The number of hydrogen-bond donors (Lipinski definition) is 2. The summed E-state index contributed by atoms with van der Waals surface area (Å²) in [6.07, 6.45) is 1.87. The predicted molar refractivity (Wildman–Crippen MR) is 71.7 cm³/mol. The van der Waals surface area contributed by atoms with E-state index < -0.39 is 0 Å². The monoisotopic (exact) mass is 243 g/mol. The Balaban J connectivity index is 2.14. The Morgan fingerprint density at radius 1 is 1.33 bits per heavy atom. The molecule has 0 aliphatic rings. The van der Waals surface area contributed by atoms with Crippen LogP contribution in [0, 0.1) is 6.92 Å². The largest absolute Gasteiger partial charge is 0.345 e. The first-order valence-electron chi connectivity index (χ1n) is 6.12. The van der Waals surface area contributed by atoms with E-state index in [1.165, 1.54) is 0 Å². The van der Waals surface area contributed by atoms with Crippen LogP contribution in [0.25, 0.3) is 0 Å². The average molecular weight is 243 g/mol. The van der Waals surface area contributed by atoms with Gasteiger partial charge in [-0.25, -0.2) is 4.98 Å². The number of aryl methyl sites for hydroxylation is 2. The van der Waals surface area contributed by atoms with E-state index in [2.05, 4.69) is 22.2 Å². The van der Waals surface area contributed by atoms with Crippen molar-refractivity contribution >= 4 is 11.6 Å². The molecule has 4 heteroatoms. The van der Waals surface area contributed by atoms with Crippen LogP contribution in [0.5, 0.6) is 0 Å². The van der Waals surface area contributed by atoms with E-state index in [9.17, 15) is 4.79 Å². The highest BCUT2D eigenvalue weighted by atomic mass is 16.1. The van der Waals surface area contributed by atoms with Crippen molar-refractivity contribution in [3.8, 4) is 0 Å². The summed E-state index contributed by atoms with van der Waals surface area (Å²) >= 11 is 0. The lowest BCUT2D eigenvalue weighted by Gasteiger charge is -2.02. The van der Waals surface area contributed by atoms with Crippen LogP contribution < -0.4 is 5.32 Å². The highest BCUT2D eigenvalue weighted by molar-refractivity contribution is 6.03.